The molecule has 1 heterocycles. The first-order valence-electron chi connectivity index (χ1n) is 7.27. The van der Waals surface area contributed by atoms with Crippen molar-refractivity contribution in [3.63, 3.8) is 0 Å². The number of hydrogen-bond acceptors (Lipinski definition) is 4. The first-order chi connectivity index (χ1) is 11.3. The molecule has 2 rings (SSSR count). The number of carboxylic acid groups (broad SMARTS) is 1. The number of nitrogens with one attached hydrogen (secondary N) is 1. The zero-order valence-electron chi connectivity index (χ0n) is 12.6. The number of nitrogens with zero attached hydrogens (tertiary/aromatic N) is 2. The highest BCUT2D eigenvalue weighted by Gasteiger charge is 2.32. The van der Waals surface area contributed by atoms with E-state index in [0.717, 1.165) is 17.8 Å². The van der Waals surface area contributed by atoms with Crippen molar-refractivity contribution in [2.24, 2.45) is 0 Å². The van der Waals surface area contributed by atoms with Gasteiger partial charge in [0.1, 0.15) is 5.69 Å². The fourth-order valence-corrected chi connectivity index (χ4v) is 2.19. The molecular formula is C16H16F3N3O2. The Morgan fingerprint density at radius 3 is 2.54 bits per heavy atom. The highest BCUT2D eigenvalue weighted by atomic mass is 19.4. The minimum absolute atomic E-state index is 0.108. The summed E-state index contributed by atoms with van der Waals surface area (Å²) in [5.74, 6) is -1.14. The Morgan fingerprint density at radius 1 is 1.21 bits per heavy atom. The molecule has 0 bridgehead atoms. The Kier molecular flexibility index (Phi) is 5.73. The van der Waals surface area contributed by atoms with E-state index in [0.29, 0.717) is 6.42 Å². The van der Waals surface area contributed by atoms with Gasteiger partial charge in [0, 0.05) is 18.7 Å². The van der Waals surface area contributed by atoms with Crippen LogP contribution in [0.4, 0.5) is 19.1 Å². The average molecular weight is 339 g/mol. The Morgan fingerprint density at radius 2 is 1.92 bits per heavy atom. The van der Waals surface area contributed by atoms with E-state index < -0.39 is 23.9 Å². The topological polar surface area (TPSA) is 75.1 Å². The van der Waals surface area contributed by atoms with Gasteiger partial charge in [-0.1, -0.05) is 30.3 Å². The van der Waals surface area contributed by atoms with E-state index in [4.69, 9.17) is 5.11 Å². The van der Waals surface area contributed by atoms with Crippen LogP contribution in [-0.2, 0) is 17.4 Å². The van der Waals surface area contributed by atoms with Gasteiger partial charge in [-0.2, -0.15) is 13.2 Å². The van der Waals surface area contributed by atoms with Crippen LogP contribution in [0.15, 0.2) is 42.6 Å². The third kappa shape index (κ3) is 5.53. The van der Waals surface area contributed by atoms with Crippen LogP contribution in [0.1, 0.15) is 24.1 Å². The minimum atomic E-state index is -4.56. The molecule has 1 atom stereocenters. The number of anilines is 1. The lowest BCUT2D eigenvalue weighted by molar-refractivity contribution is -0.141. The number of aromatic nitrogens is 2. The molecule has 0 amide bonds. The van der Waals surface area contributed by atoms with Crippen molar-refractivity contribution >= 4 is 11.9 Å². The number of aliphatic carboxylic acids is 1. The summed E-state index contributed by atoms with van der Waals surface area (Å²) in [4.78, 5) is 18.0. The van der Waals surface area contributed by atoms with Gasteiger partial charge in [-0.25, -0.2) is 9.97 Å². The summed E-state index contributed by atoms with van der Waals surface area (Å²) >= 11 is 0. The second-order valence-corrected chi connectivity index (χ2v) is 5.23. The van der Waals surface area contributed by atoms with Gasteiger partial charge in [0.2, 0.25) is 5.95 Å². The molecule has 0 saturated carbocycles. The summed E-state index contributed by atoms with van der Waals surface area (Å²) in [6.45, 7) is 0. The first kappa shape index (κ1) is 17.7. The van der Waals surface area contributed by atoms with Crippen LogP contribution in [0.25, 0.3) is 0 Å². The van der Waals surface area contributed by atoms with Gasteiger partial charge in [-0.3, -0.25) is 4.79 Å². The normalized spacial score (nSPS) is 12.6. The summed E-state index contributed by atoms with van der Waals surface area (Å²) in [5, 5.41) is 11.6. The molecule has 1 aromatic heterocycles. The third-order valence-corrected chi connectivity index (χ3v) is 3.31. The number of halogens is 3. The lowest BCUT2D eigenvalue weighted by Crippen LogP contribution is -2.25. The van der Waals surface area contributed by atoms with Crippen molar-refractivity contribution in [3.8, 4) is 0 Å². The molecule has 0 aliphatic rings. The molecule has 0 fully saturated rings. The van der Waals surface area contributed by atoms with E-state index in [1.165, 1.54) is 0 Å². The van der Waals surface area contributed by atoms with Crippen molar-refractivity contribution < 1.29 is 23.1 Å². The van der Waals surface area contributed by atoms with Gasteiger partial charge in [-0.15, -0.1) is 0 Å². The lowest BCUT2D eigenvalue weighted by Gasteiger charge is -2.18. The predicted molar refractivity (Wildman–Crippen MR) is 81.5 cm³/mol. The summed E-state index contributed by atoms with van der Waals surface area (Å²) in [7, 11) is 0. The third-order valence-electron chi connectivity index (χ3n) is 3.31. The number of benzene rings is 1. The average Bonchev–Trinajstić information content (AvgIpc) is 2.53. The van der Waals surface area contributed by atoms with Gasteiger partial charge < -0.3 is 10.4 Å². The molecule has 0 radical (unpaired) electrons. The largest absolute Gasteiger partial charge is 0.481 e. The number of rotatable bonds is 7. The van der Waals surface area contributed by atoms with Gasteiger partial charge >= 0.3 is 12.1 Å². The Bertz CT molecular complexity index is 678. The smallest absolute Gasteiger partial charge is 0.433 e. The second-order valence-electron chi connectivity index (χ2n) is 5.23. The molecule has 5 nitrogen and oxygen atoms in total. The molecule has 0 saturated heterocycles. The standard InChI is InChI=1S/C16H16F3N3O2/c17-16(18,19)13-8-9-20-15(22-13)21-12(6-7-14(23)24)10-11-4-2-1-3-5-11/h1-5,8-9,12H,6-7,10H2,(H,23,24)(H,20,21,22). The summed E-state index contributed by atoms with van der Waals surface area (Å²) in [6, 6.07) is 9.64. The van der Waals surface area contributed by atoms with Gasteiger partial charge in [0.15, 0.2) is 0 Å². The Labute approximate surface area is 136 Å². The van der Waals surface area contributed by atoms with E-state index in [1.807, 2.05) is 30.3 Å². The molecular weight excluding hydrogens is 323 g/mol. The molecule has 128 valence electrons. The van der Waals surface area contributed by atoms with Crippen LogP contribution >= 0.6 is 0 Å². The van der Waals surface area contributed by atoms with Crippen molar-refractivity contribution in [1.82, 2.24) is 9.97 Å². The summed E-state index contributed by atoms with van der Waals surface area (Å²) in [5.41, 5.74) is -0.107. The van der Waals surface area contributed by atoms with Gasteiger partial charge in [0.05, 0.1) is 0 Å². The second kappa shape index (κ2) is 7.76. The highest BCUT2D eigenvalue weighted by molar-refractivity contribution is 5.66. The number of hydrogen-bond donors (Lipinski definition) is 2. The van der Waals surface area contributed by atoms with Crippen LogP contribution in [0.2, 0.25) is 0 Å². The summed E-state index contributed by atoms with van der Waals surface area (Å²) < 4.78 is 38.1. The Balaban J connectivity index is 2.13. The van der Waals surface area contributed by atoms with Crippen LogP contribution in [0.5, 0.6) is 0 Å². The maximum atomic E-state index is 12.7. The van der Waals surface area contributed by atoms with Crippen LogP contribution in [-0.4, -0.2) is 27.1 Å². The Hall–Kier alpha value is -2.64. The maximum Gasteiger partial charge on any atom is 0.433 e. The molecule has 8 heteroatoms. The molecule has 2 aromatic rings. The molecule has 0 spiro atoms. The quantitative estimate of drug-likeness (QED) is 0.809. The number of alkyl halides is 3. The molecule has 0 aliphatic heterocycles. The van der Waals surface area contributed by atoms with Crippen molar-refractivity contribution in [2.45, 2.75) is 31.5 Å². The fourth-order valence-electron chi connectivity index (χ4n) is 2.19. The van der Waals surface area contributed by atoms with Gasteiger partial charge in [-0.05, 0) is 24.5 Å². The lowest BCUT2D eigenvalue weighted by atomic mass is 10.0. The molecule has 1 unspecified atom stereocenters. The van der Waals surface area contributed by atoms with Crippen molar-refractivity contribution in [2.75, 3.05) is 5.32 Å². The SMILES string of the molecule is O=C(O)CCC(Cc1ccccc1)Nc1nccc(C(F)(F)F)n1. The monoisotopic (exact) mass is 339 g/mol. The van der Waals surface area contributed by atoms with E-state index in [-0.39, 0.29) is 18.8 Å². The van der Waals surface area contributed by atoms with E-state index in [9.17, 15) is 18.0 Å². The zero-order chi connectivity index (χ0) is 17.6. The van der Waals surface area contributed by atoms with Crippen LogP contribution < -0.4 is 5.32 Å². The van der Waals surface area contributed by atoms with E-state index in [2.05, 4.69) is 15.3 Å². The fraction of sp³-hybridized carbons (Fsp3) is 0.312. The van der Waals surface area contributed by atoms with Crippen molar-refractivity contribution in [1.29, 1.82) is 0 Å². The summed E-state index contributed by atoms with van der Waals surface area (Å²) in [6.07, 6.45) is -2.95. The maximum absolute atomic E-state index is 12.7. The van der Waals surface area contributed by atoms with E-state index >= 15 is 0 Å². The molecule has 0 aliphatic carbocycles. The number of carboxylic acids is 1. The van der Waals surface area contributed by atoms with Crippen molar-refractivity contribution in [3.05, 3.63) is 53.9 Å². The first-order valence-corrected chi connectivity index (χ1v) is 7.27. The predicted octanol–water partition coefficient (Wildman–Crippen LogP) is 3.38. The zero-order valence-corrected chi connectivity index (χ0v) is 12.6. The highest BCUT2D eigenvalue weighted by Crippen LogP contribution is 2.27. The minimum Gasteiger partial charge on any atom is -0.481 e. The van der Waals surface area contributed by atoms with Gasteiger partial charge in [0.25, 0.3) is 0 Å². The molecule has 1 aromatic carbocycles. The number of carbonyl (C=O) groups is 1. The molecule has 24 heavy (non-hydrogen) atoms. The van der Waals surface area contributed by atoms with Crippen LogP contribution in [0.3, 0.4) is 0 Å². The molecule has 2 N–H and O–H groups in total. The van der Waals surface area contributed by atoms with Crippen LogP contribution in [0, 0.1) is 0 Å². The van der Waals surface area contributed by atoms with E-state index in [1.54, 1.807) is 0 Å².